The summed E-state index contributed by atoms with van der Waals surface area (Å²) in [6.45, 7) is 1.75. The largest absolute Gasteiger partial charge is 0.357 e. The Balaban J connectivity index is 2.36. The summed E-state index contributed by atoms with van der Waals surface area (Å²) in [6, 6.07) is 1.42. The van der Waals surface area contributed by atoms with Crippen LogP contribution in [0.2, 0.25) is 5.02 Å². The van der Waals surface area contributed by atoms with Gasteiger partial charge in [0.15, 0.2) is 5.16 Å². The number of hydrogen-bond donors (Lipinski definition) is 2. The van der Waals surface area contributed by atoms with E-state index in [0.29, 0.717) is 26.8 Å². The number of hydrogen-bond acceptors (Lipinski definition) is 6. The molecular formula is C10H10ClN5OS. The second kappa shape index (κ2) is 5.36. The molecule has 0 bridgehead atoms. The molecule has 8 heteroatoms. The van der Waals surface area contributed by atoms with E-state index in [0.717, 1.165) is 0 Å². The molecule has 0 saturated carbocycles. The highest BCUT2D eigenvalue weighted by molar-refractivity contribution is 7.99. The Morgan fingerprint density at radius 2 is 2.22 bits per heavy atom. The smallest absolute Gasteiger partial charge is 0.251 e. The molecule has 2 rings (SSSR count). The van der Waals surface area contributed by atoms with Gasteiger partial charge in [0.1, 0.15) is 5.03 Å². The summed E-state index contributed by atoms with van der Waals surface area (Å²) in [5.41, 5.74) is 0.435. The van der Waals surface area contributed by atoms with Crippen molar-refractivity contribution in [3.63, 3.8) is 0 Å². The average molecular weight is 284 g/mol. The molecule has 0 aliphatic rings. The minimum Gasteiger partial charge on any atom is -0.357 e. The first-order valence-corrected chi connectivity index (χ1v) is 6.24. The van der Waals surface area contributed by atoms with Crippen molar-refractivity contribution in [1.29, 1.82) is 0 Å². The van der Waals surface area contributed by atoms with Crippen LogP contribution in [0.15, 0.2) is 27.2 Å². The number of nitrogens with zero attached hydrogens (tertiary/aromatic N) is 3. The molecule has 0 aliphatic carbocycles. The third kappa shape index (κ3) is 2.99. The van der Waals surface area contributed by atoms with E-state index in [9.17, 15) is 4.79 Å². The lowest BCUT2D eigenvalue weighted by Gasteiger charge is -2.04. The molecule has 0 spiro atoms. The highest BCUT2D eigenvalue weighted by Gasteiger charge is 2.09. The van der Waals surface area contributed by atoms with Gasteiger partial charge in [-0.25, -0.2) is 15.0 Å². The van der Waals surface area contributed by atoms with E-state index < -0.39 is 0 Å². The van der Waals surface area contributed by atoms with Crippen molar-refractivity contribution in [2.45, 2.75) is 17.1 Å². The first kappa shape index (κ1) is 12.8. The second-order valence-electron chi connectivity index (χ2n) is 3.39. The molecule has 94 valence electrons. The normalized spacial score (nSPS) is 10.4. The fourth-order valence-corrected chi connectivity index (χ4v) is 2.25. The maximum atomic E-state index is 11.3. The van der Waals surface area contributed by atoms with Gasteiger partial charge in [-0.3, -0.25) is 4.79 Å². The molecule has 2 aromatic rings. The minimum absolute atomic E-state index is 0.205. The molecule has 0 fully saturated rings. The Hall–Kier alpha value is -1.60. The van der Waals surface area contributed by atoms with Crippen molar-refractivity contribution in [2.75, 3.05) is 12.4 Å². The van der Waals surface area contributed by atoms with E-state index in [1.165, 1.54) is 24.0 Å². The van der Waals surface area contributed by atoms with E-state index >= 15 is 0 Å². The number of aromatic amines is 1. The minimum atomic E-state index is -0.205. The molecule has 0 radical (unpaired) electrons. The predicted octanol–water partition coefficient (Wildman–Crippen LogP) is 1.71. The number of nitrogens with one attached hydrogen (secondary N) is 2. The van der Waals surface area contributed by atoms with E-state index in [1.54, 1.807) is 14.0 Å². The van der Waals surface area contributed by atoms with E-state index in [1.807, 2.05) is 0 Å². The van der Waals surface area contributed by atoms with Crippen LogP contribution in [0, 0.1) is 6.92 Å². The van der Waals surface area contributed by atoms with Crippen LogP contribution in [-0.2, 0) is 0 Å². The molecule has 2 heterocycles. The third-order valence-electron chi connectivity index (χ3n) is 1.98. The van der Waals surface area contributed by atoms with Crippen molar-refractivity contribution in [3.05, 3.63) is 33.3 Å². The Morgan fingerprint density at radius 3 is 2.89 bits per heavy atom. The van der Waals surface area contributed by atoms with Crippen molar-refractivity contribution < 1.29 is 0 Å². The van der Waals surface area contributed by atoms with E-state index in [4.69, 9.17) is 11.6 Å². The van der Waals surface area contributed by atoms with Crippen molar-refractivity contribution >= 4 is 29.3 Å². The van der Waals surface area contributed by atoms with Gasteiger partial charge < -0.3 is 10.3 Å². The van der Waals surface area contributed by atoms with Crippen LogP contribution in [0.5, 0.6) is 0 Å². The molecule has 0 amide bonds. The zero-order chi connectivity index (χ0) is 13.1. The molecule has 0 unspecified atom stereocenters. The van der Waals surface area contributed by atoms with Crippen LogP contribution in [0.3, 0.4) is 0 Å². The van der Waals surface area contributed by atoms with Gasteiger partial charge in [-0.05, 0) is 18.7 Å². The highest BCUT2D eigenvalue weighted by Crippen LogP contribution is 2.29. The van der Waals surface area contributed by atoms with E-state index in [2.05, 4.69) is 25.3 Å². The molecule has 0 aromatic carbocycles. The number of rotatable bonds is 3. The Labute approximate surface area is 112 Å². The number of halogens is 1. The van der Waals surface area contributed by atoms with Crippen LogP contribution in [0.25, 0.3) is 0 Å². The standard InChI is InChI=1S/C10H10ClN5OS/c1-5-3-7(17)15-10(14-5)18-8-6(11)4-13-9(12-2)16-8/h3-4H,1-2H3,(H,12,13,16)(H,14,15,17). The fourth-order valence-electron chi connectivity index (χ4n) is 1.24. The Morgan fingerprint density at radius 1 is 1.44 bits per heavy atom. The van der Waals surface area contributed by atoms with Crippen LogP contribution in [0.1, 0.15) is 5.69 Å². The summed E-state index contributed by atoms with van der Waals surface area (Å²) in [4.78, 5) is 26.3. The summed E-state index contributed by atoms with van der Waals surface area (Å²) in [6.07, 6.45) is 1.50. The molecule has 2 N–H and O–H groups in total. The van der Waals surface area contributed by atoms with Crippen LogP contribution in [0.4, 0.5) is 5.95 Å². The van der Waals surface area contributed by atoms with E-state index in [-0.39, 0.29) is 5.56 Å². The van der Waals surface area contributed by atoms with Crippen molar-refractivity contribution in [3.8, 4) is 0 Å². The molecule has 18 heavy (non-hydrogen) atoms. The van der Waals surface area contributed by atoms with Gasteiger partial charge >= 0.3 is 0 Å². The average Bonchev–Trinajstić information content (AvgIpc) is 2.30. The lowest BCUT2D eigenvalue weighted by Crippen LogP contribution is -2.08. The van der Waals surface area contributed by atoms with Crippen LogP contribution in [-0.4, -0.2) is 27.0 Å². The van der Waals surface area contributed by atoms with Crippen molar-refractivity contribution in [2.24, 2.45) is 0 Å². The zero-order valence-corrected chi connectivity index (χ0v) is 11.3. The number of anilines is 1. The van der Waals surface area contributed by atoms with Gasteiger partial charge in [-0.1, -0.05) is 11.6 Å². The maximum Gasteiger partial charge on any atom is 0.251 e. The molecule has 6 nitrogen and oxygen atoms in total. The Bertz CT molecular complexity index is 630. The van der Waals surface area contributed by atoms with Gasteiger partial charge in [0.05, 0.1) is 11.2 Å². The Kier molecular flexibility index (Phi) is 3.83. The second-order valence-corrected chi connectivity index (χ2v) is 4.78. The molecular weight excluding hydrogens is 274 g/mol. The predicted molar refractivity (Wildman–Crippen MR) is 70.3 cm³/mol. The van der Waals surface area contributed by atoms with Crippen LogP contribution >= 0.6 is 23.4 Å². The van der Waals surface area contributed by atoms with Crippen molar-refractivity contribution in [1.82, 2.24) is 19.9 Å². The van der Waals surface area contributed by atoms with Gasteiger partial charge in [0, 0.05) is 18.8 Å². The first-order valence-electron chi connectivity index (χ1n) is 5.04. The van der Waals surface area contributed by atoms with Gasteiger partial charge in [-0.2, -0.15) is 0 Å². The van der Waals surface area contributed by atoms with Gasteiger partial charge in [0.2, 0.25) is 5.95 Å². The topological polar surface area (TPSA) is 83.6 Å². The molecule has 0 saturated heterocycles. The molecule has 2 aromatic heterocycles. The number of aryl methyl sites for hydroxylation is 1. The monoisotopic (exact) mass is 283 g/mol. The van der Waals surface area contributed by atoms with Gasteiger partial charge in [0.25, 0.3) is 5.56 Å². The quantitative estimate of drug-likeness (QED) is 0.659. The maximum absolute atomic E-state index is 11.3. The molecule has 0 atom stereocenters. The number of aromatic nitrogens is 4. The summed E-state index contributed by atoms with van der Waals surface area (Å²) >= 11 is 7.17. The summed E-state index contributed by atoms with van der Waals surface area (Å²) in [7, 11) is 1.71. The lowest BCUT2D eigenvalue weighted by molar-refractivity contribution is 0.900. The highest BCUT2D eigenvalue weighted by atomic mass is 35.5. The van der Waals surface area contributed by atoms with Gasteiger partial charge in [-0.15, -0.1) is 0 Å². The summed E-state index contributed by atoms with van der Waals surface area (Å²) < 4.78 is 0. The SMILES string of the molecule is CNc1ncc(Cl)c(Sc2nc(C)cc(=O)[nH]2)n1. The van der Waals surface area contributed by atoms with Crippen LogP contribution < -0.4 is 10.9 Å². The molecule has 0 aliphatic heterocycles. The third-order valence-corrected chi connectivity index (χ3v) is 3.26. The fraction of sp³-hybridized carbons (Fsp3) is 0.200. The zero-order valence-electron chi connectivity index (χ0n) is 9.69. The lowest BCUT2D eigenvalue weighted by atomic mass is 10.5. The first-order chi connectivity index (χ1) is 8.58. The summed E-state index contributed by atoms with van der Waals surface area (Å²) in [5.74, 6) is 0.455. The number of H-pyrrole nitrogens is 1. The summed E-state index contributed by atoms with van der Waals surface area (Å²) in [5, 5.41) is 4.20.